The fourth-order valence-corrected chi connectivity index (χ4v) is 8.35. The van der Waals surface area contributed by atoms with E-state index in [1.807, 2.05) is 6.04 Å². The Hall–Kier alpha value is 0.947. The molecule has 0 aromatic rings. The number of rotatable bonds is 6. The normalized spacial score (nSPS) is 12.8. The summed E-state index contributed by atoms with van der Waals surface area (Å²) in [4.78, 5) is 0. The maximum atomic E-state index is 12.2. The van der Waals surface area contributed by atoms with Crippen molar-refractivity contribution in [3.05, 3.63) is 18.9 Å². The van der Waals surface area contributed by atoms with Crippen molar-refractivity contribution >= 4 is 33.9 Å². The molecular weight excluding hydrogens is 325 g/mol. The second kappa shape index (κ2) is 8.12. The first-order chi connectivity index (χ1) is 6.75. The largest absolute Gasteiger partial charge is 1.00 e. The third-order valence-electron chi connectivity index (χ3n) is 3.50. The second-order valence-corrected chi connectivity index (χ2v) is 10.9. The standard InChI is InChI=1S/C12H23F2Si.In/c1-9(2)15(10(3)4,11(5)6)8-7-12(13)14;/h7-11H,1-6H3;/q;+1. The van der Waals surface area contributed by atoms with E-state index >= 15 is 0 Å². The van der Waals surface area contributed by atoms with Crippen LogP contribution in [0.4, 0.5) is 8.78 Å². The maximum Gasteiger partial charge on any atom is 1.00 e. The van der Waals surface area contributed by atoms with Crippen LogP contribution in [0.5, 0.6) is 0 Å². The summed E-state index contributed by atoms with van der Waals surface area (Å²) in [6.07, 6.45) is -0.555. The topological polar surface area (TPSA) is 0 Å². The van der Waals surface area contributed by atoms with E-state index in [0.717, 1.165) is 6.42 Å². The molecule has 4 heteroatoms. The van der Waals surface area contributed by atoms with E-state index in [9.17, 15) is 8.78 Å². The molecule has 0 fully saturated rings. The fraction of sp³-hybridized carbons (Fsp3) is 0.750. The molecule has 0 aliphatic heterocycles. The van der Waals surface area contributed by atoms with Gasteiger partial charge in [0.25, 0.3) is 0 Å². The van der Waals surface area contributed by atoms with Crippen molar-refractivity contribution in [3.8, 4) is 0 Å². The van der Waals surface area contributed by atoms with Gasteiger partial charge in [0.05, 0.1) is 8.07 Å². The van der Waals surface area contributed by atoms with Crippen LogP contribution in [0.2, 0.25) is 16.6 Å². The van der Waals surface area contributed by atoms with Crippen molar-refractivity contribution in [3.63, 3.8) is 0 Å². The van der Waals surface area contributed by atoms with Gasteiger partial charge in [0.2, 0.25) is 0 Å². The number of hydrogen-bond acceptors (Lipinski definition) is 0. The zero-order valence-electron chi connectivity index (χ0n) is 11.2. The van der Waals surface area contributed by atoms with E-state index in [2.05, 4.69) is 41.5 Å². The Morgan fingerprint density at radius 2 is 1.19 bits per heavy atom. The molecule has 0 aromatic carbocycles. The Balaban J connectivity index is 0. The summed E-state index contributed by atoms with van der Waals surface area (Å²) in [6, 6.07) is 1.84. The second-order valence-electron chi connectivity index (χ2n) is 5.09. The Labute approximate surface area is 119 Å². The van der Waals surface area contributed by atoms with Gasteiger partial charge in [-0.2, -0.15) is 8.78 Å². The van der Waals surface area contributed by atoms with Crippen LogP contribution >= 0.6 is 0 Å². The van der Waals surface area contributed by atoms with E-state index in [1.165, 1.54) is 0 Å². The molecule has 91 valence electrons. The van der Waals surface area contributed by atoms with Crippen LogP contribution < -0.4 is 0 Å². The van der Waals surface area contributed by atoms with Crippen LogP contribution in [0.3, 0.4) is 0 Å². The molecule has 0 unspecified atom stereocenters. The van der Waals surface area contributed by atoms with Crippen LogP contribution in [0.15, 0.2) is 0 Å². The first-order valence-electron chi connectivity index (χ1n) is 5.62. The molecule has 0 nitrogen and oxygen atoms in total. The predicted octanol–water partition coefficient (Wildman–Crippen LogP) is 4.66. The first kappa shape index (κ1) is 19.3. The average Bonchev–Trinajstić information content (AvgIpc) is 2.02. The monoisotopic (exact) mass is 348 g/mol. The summed E-state index contributed by atoms with van der Waals surface area (Å²) in [5.41, 5.74) is 1.48. The summed E-state index contributed by atoms with van der Waals surface area (Å²) >= 11 is 0. The molecule has 0 saturated heterocycles. The zero-order valence-corrected chi connectivity index (χ0v) is 15.5. The molecule has 0 rings (SSSR count). The summed E-state index contributed by atoms with van der Waals surface area (Å²) in [6.45, 7) is 13.0. The van der Waals surface area contributed by atoms with Crippen molar-refractivity contribution < 1.29 is 8.78 Å². The van der Waals surface area contributed by atoms with Crippen LogP contribution in [-0.2, 0) is 0 Å². The number of hydrogen-bond donors (Lipinski definition) is 0. The molecule has 5 radical (unpaired) electrons. The molecule has 0 N–H and O–H groups in total. The van der Waals surface area contributed by atoms with E-state index < -0.39 is 14.5 Å². The number of halogens is 2. The van der Waals surface area contributed by atoms with Gasteiger partial charge in [-0.15, -0.1) is 0 Å². The van der Waals surface area contributed by atoms with Crippen molar-refractivity contribution in [1.29, 1.82) is 0 Å². The van der Waals surface area contributed by atoms with Crippen molar-refractivity contribution in [2.45, 2.75) is 58.2 Å². The van der Waals surface area contributed by atoms with Crippen LogP contribution in [0.25, 0.3) is 0 Å². The van der Waals surface area contributed by atoms with E-state index in [0.29, 0.717) is 16.6 Å². The Morgan fingerprint density at radius 1 is 0.875 bits per heavy atom. The van der Waals surface area contributed by atoms with Gasteiger partial charge in [-0.05, 0) is 6.04 Å². The molecule has 0 heterocycles. The summed E-state index contributed by atoms with van der Waals surface area (Å²) < 4.78 is 24.4. The van der Waals surface area contributed by atoms with Crippen LogP contribution in [-0.4, -0.2) is 33.9 Å². The Kier molecular flexibility index (Phi) is 9.79. The van der Waals surface area contributed by atoms with Crippen LogP contribution in [0, 0.1) is 18.9 Å². The predicted molar refractivity (Wildman–Crippen MR) is 70.9 cm³/mol. The van der Waals surface area contributed by atoms with Gasteiger partial charge in [0.15, 0.2) is 0 Å². The van der Waals surface area contributed by atoms with Crippen molar-refractivity contribution in [2.75, 3.05) is 0 Å². The molecule has 0 amide bonds. The van der Waals surface area contributed by atoms with Crippen molar-refractivity contribution in [1.82, 2.24) is 0 Å². The fourth-order valence-electron chi connectivity index (χ4n) is 2.78. The third kappa shape index (κ3) is 4.67. The molecule has 0 saturated carbocycles. The third-order valence-corrected chi connectivity index (χ3v) is 10.2. The minimum atomic E-state index is -1.77. The van der Waals surface area contributed by atoms with Gasteiger partial charge in [-0.25, -0.2) is 0 Å². The smallest absolute Gasteiger partial charge is 0.200 e. The summed E-state index contributed by atoms with van der Waals surface area (Å²) in [7, 11) is -1.77. The van der Waals surface area contributed by atoms with Gasteiger partial charge >= 0.3 is 32.3 Å². The summed E-state index contributed by atoms with van der Waals surface area (Å²) in [5, 5.41) is 0. The quantitative estimate of drug-likeness (QED) is 0.613. The molecular formula is C12H23F2InSi+. The van der Waals surface area contributed by atoms with Gasteiger partial charge in [0.1, 0.15) is 0 Å². The van der Waals surface area contributed by atoms with E-state index in [4.69, 9.17) is 0 Å². The first-order valence-corrected chi connectivity index (χ1v) is 7.93. The zero-order chi connectivity index (χ0) is 12.2. The molecule has 0 aliphatic carbocycles. The SMILES string of the molecule is CC(C)[Si]([CH][CH][C](F)F)(C(C)C)C(C)C.[In+]. The van der Waals surface area contributed by atoms with Gasteiger partial charge in [-0.3, -0.25) is 0 Å². The molecule has 0 spiro atoms. The van der Waals surface area contributed by atoms with Gasteiger partial charge in [0, 0.05) is 6.42 Å². The Bertz CT molecular complexity index is 160. The molecule has 0 atom stereocenters. The Morgan fingerprint density at radius 3 is 1.38 bits per heavy atom. The van der Waals surface area contributed by atoms with E-state index in [-0.39, 0.29) is 25.8 Å². The summed E-state index contributed by atoms with van der Waals surface area (Å²) in [5.74, 6) is 0. The van der Waals surface area contributed by atoms with E-state index in [1.54, 1.807) is 0 Å². The van der Waals surface area contributed by atoms with Crippen LogP contribution in [0.1, 0.15) is 41.5 Å². The molecule has 0 aromatic heterocycles. The van der Waals surface area contributed by atoms with Crippen molar-refractivity contribution in [2.24, 2.45) is 0 Å². The molecule has 16 heavy (non-hydrogen) atoms. The van der Waals surface area contributed by atoms with Gasteiger partial charge < -0.3 is 0 Å². The molecule has 0 bridgehead atoms. The van der Waals surface area contributed by atoms with Gasteiger partial charge in [-0.1, -0.05) is 58.2 Å². The maximum absolute atomic E-state index is 12.2. The average molecular weight is 348 g/mol. The molecule has 0 aliphatic rings. The minimum Gasteiger partial charge on any atom is -0.200 e. The minimum absolute atomic E-state index is 0.